The van der Waals surface area contributed by atoms with Gasteiger partial charge in [-0.15, -0.1) is 0 Å². The first-order valence-corrected chi connectivity index (χ1v) is 9.93. The van der Waals surface area contributed by atoms with Crippen molar-refractivity contribution in [1.29, 1.82) is 0 Å². The smallest absolute Gasteiger partial charge is 0.246 e. The summed E-state index contributed by atoms with van der Waals surface area (Å²) in [5.41, 5.74) is 1.87. The molecular formula is C20H24ClN5O2. The number of halogens is 1. The zero-order chi connectivity index (χ0) is 19.8. The molecule has 28 heavy (non-hydrogen) atoms. The van der Waals surface area contributed by atoms with Crippen LogP contribution in [0.1, 0.15) is 19.4 Å². The van der Waals surface area contributed by atoms with E-state index in [0.717, 1.165) is 17.8 Å². The predicted molar refractivity (Wildman–Crippen MR) is 106 cm³/mol. The number of fused-ring (bicyclic) bond motifs is 1. The summed E-state index contributed by atoms with van der Waals surface area (Å²) in [6.45, 7) is 6.41. The van der Waals surface area contributed by atoms with E-state index in [9.17, 15) is 9.59 Å². The molecule has 3 heterocycles. The number of para-hydroxylation sites is 1. The summed E-state index contributed by atoms with van der Waals surface area (Å²) in [4.78, 5) is 29.2. The zero-order valence-electron chi connectivity index (χ0n) is 16.0. The minimum absolute atomic E-state index is 0.0331. The first-order valence-electron chi connectivity index (χ1n) is 9.55. The average Bonchev–Trinajstić information content (AvgIpc) is 3.13. The maximum Gasteiger partial charge on any atom is 0.246 e. The number of nitrogens with zero attached hydrogens (tertiary/aromatic N) is 4. The van der Waals surface area contributed by atoms with Gasteiger partial charge in [0, 0.05) is 37.9 Å². The fraction of sp³-hybridized carbons (Fsp3) is 0.450. The van der Waals surface area contributed by atoms with Crippen molar-refractivity contribution in [3.63, 3.8) is 0 Å². The monoisotopic (exact) mass is 401 g/mol. The molecule has 0 aliphatic carbocycles. The van der Waals surface area contributed by atoms with E-state index in [1.165, 1.54) is 0 Å². The number of aromatic nitrogens is 2. The van der Waals surface area contributed by atoms with Crippen LogP contribution < -0.4 is 5.32 Å². The average molecular weight is 402 g/mol. The van der Waals surface area contributed by atoms with Crippen LogP contribution in [0.25, 0.3) is 5.69 Å². The van der Waals surface area contributed by atoms with E-state index in [1.54, 1.807) is 9.58 Å². The van der Waals surface area contributed by atoms with E-state index in [-0.39, 0.29) is 17.7 Å². The number of benzene rings is 1. The number of hydrogen-bond donors (Lipinski definition) is 1. The SMILES string of the molecule is CC(C)[C@@H]1NC(=O)[C@H]2CN(Cc3cnn(-c4ccccc4Cl)c3)CCN2C1=O. The lowest BCUT2D eigenvalue weighted by molar-refractivity contribution is -0.154. The molecule has 2 aliphatic heterocycles. The van der Waals surface area contributed by atoms with Gasteiger partial charge >= 0.3 is 0 Å². The number of amides is 2. The van der Waals surface area contributed by atoms with Gasteiger partial charge in [-0.3, -0.25) is 14.5 Å². The summed E-state index contributed by atoms with van der Waals surface area (Å²) in [6, 6.07) is 6.72. The van der Waals surface area contributed by atoms with Crippen molar-refractivity contribution in [2.75, 3.05) is 19.6 Å². The second-order valence-electron chi connectivity index (χ2n) is 7.76. The topological polar surface area (TPSA) is 70.5 Å². The van der Waals surface area contributed by atoms with Crippen molar-refractivity contribution < 1.29 is 9.59 Å². The van der Waals surface area contributed by atoms with Crippen molar-refractivity contribution in [3.05, 3.63) is 47.2 Å². The third-order valence-corrected chi connectivity index (χ3v) is 5.74. The Balaban J connectivity index is 1.44. The highest BCUT2D eigenvalue weighted by Crippen LogP contribution is 2.22. The first-order chi connectivity index (χ1) is 13.4. The van der Waals surface area contributed by atoms with E-state index in [1.807, 2.05) is 50.5 Å². The highest BCUT2D eigenvalue weighted by atomic mass is 35.5. The summed E-state index contributed by atoms with van der Waals surface area (Å²) in [6.07, 6.45) is 3.77. The lowest BCUT2D eigenvalue weighted by Crippen LogP contribution is -2.70. The number of piperazine rings is 2. The van der Waals surface area contributed by atoms with Gasteiger partial charge in [0.2, 0.25) is 11.8 Å². The Hall–Kier alpha value is -2.38. The Labute approximate surface area is 169 Å². The van der Waals surface area contributed by atoms with E-state index in [4.69, 9.17) is 11.6 Å². The molecule has 2 fully saturated rings. The first kappa shape index (κ1) is 19.0. The zero-order valence-corrected chi connectivity index (χ0v) is 16.8. The summed E-state index contributed by atoms with van der Waals surface area (Å²) < 4.78 is 1.76. The second-order valence-corrected chi connectivity index (χ2v) is 8.16. The predicted octanol–water partition coefficient (Wildman–Crippen LogP) is 1.69. The lowest BCUT2D eigenvalue weighted by atomic mass is 9.96. The molecule has 2 aliphatic rings. The molecule has 4 rings (SSSR count). The Kier molecular flexibility index (Phi) is 5.12. The van der Waals surface area contributed by atoms with Crippen LogP contribution in [0.5, 0.6) is 0 Å². The molecule has 2 saturated heterocycles. The summed E-state index contributed by atoms with van der Waals surface area (Å²) >= 11 is 6.25. The summed E-state index contributed by atoms with van der Waals surface area (Å²) in [7, 11) is 0. The number of nitrogens with one attached hydrogen (secondary N) is 1. The van der Waals surface area contributed by atoms with Crippen LogP contribution in [-0.4, -0.2) is 63.1 Å². The Morgan fingerprint density at radius 1 is 1.25 bits per heavy atom. The van der Waals surface area contributed by atoms with E-state index in [2.05, 4.69) is 15.3 Å². The van der Waals surface area contributed by atoms with Gasteiger partial charge in [0.25, 0.3) is 0 Å². The molecular weight excluding hydrogens is 378 g/mol. The van der Waals surface area contributed by atoms with Crippen LogP contribution >= 0.6 is 11.6 Å². The molecule has 1 N–H and O–H groups in total. The molecule has 2 atom stereocenters. The molecule has 0 radical (unpaired) electrons. The minimum atomic E-state index is -0.421. The summed E-state index contributed by atoms with van der Waals surface area (Å²) in [5, 5.41) is 7.95. The van der Waals surface area contributed by atoms with Crippen molar-refractivity contribution in [1.82, 2.24) is 24.9 Å². The Bertz CT molecular complexity index is 896. The molecule has 2 aromatic rings. The number of carbonyl (C=O) groups is 2. The van der Waals surface area contributed by atoms with Crippen LogP contribution in [0.3, 0.4) is 0 Å². The molecule has 0 spiro atoms. The maximum absolute atomic E-state index is 12.7. The third-order valence-electron chi connectivity index (χ3n) is 5.42. The largest absolute Gasteiger partial charge is 0.342 e. The highest BCUT2D eigenvalue weighted by Gasteiger charge is 2.44. The fourth-order valence-corrected chi connectivity index (χ4v) is 4.10. The van der Waals surface area contributed by atoms with Gasteiger partial charge in [0.05, 0.1) is 16.9 Å². The molecule has 1 aromatic heterocycles. The highest BCUT2D eigenvalue weighted by molar-refractivity contribution is 6.32. The minimum Gasteiger partial charge on any atom is -0.342 e. The second kappa shape index (κ2) is 7.56. The van der Waals surface area contributed by atoms with E-state index >= 15 is 0 Å². The molecule has 8 heteroatoms. The maximum atomic E-state index is 12.7. The van der Waals surface area contributed by atoms with Gasteiger partial charge in [-0.25, -0.2) is 4.68 Å². The molecule has 7 nitrogen and oxygen atoms in total. The van der Waals surface area contributed by atoms with E-state index < -0.39 is 12.1 Å². The molecule has 1 aromatic carbocycles. The molecule has 0 bridgehead atoms. The Morgan fingerprint density at radius 3 is 2.79 bits per heavy atom. The third kappa shape index (κ3) is 3.52. The van der Waals surface area contributed by atoms with Gasteiger partial charge in [-0.2, -0.15) is 5.10 Å². The quantitative estimate of drug-likeness (QED) is 0.846. The van der Waals surface area contributed by atoms with Crippen LogP contribution in [0.4, 0.5) is 0 Å². The van der Waals surface area contributed by atoms with Crippen LogP contribution in [0.2, 0.25) is 5.02 Å². The van der Waals surface area contributed by atoms with Gasteiger partial charge in [-0.1, -0.05) is 37.6 Å². The van der Waals surface area contributed by atoms with Gasteiger partial charge in [-0.05, 0) is 18.1 Å². The molecule has 0 saturated carbocycles. The van der Waals surface area contributed by atoms with Crippen molar-refractivity contribution in [3.8, 4) is 5.69 Å². The number of rotatable bonds is 4. The lowest BCUT2D eigenvalue weighted by Gasteiger charge is -2.46. The summed E-state index contributed by atoms with van der Waals surface area (Å²) in [5.74, 6) is 0.0617. The normalized spacial score (nSPS) is 23.1. The van der Waals surface area contributed by atoms with Gasteiger partial charge in [0.15, 0.2) is 0 Å². The van der Waals surface area contributed by atoms with Crippen LogP contribution in [-0.2, 0) is 16.1 Å². The van der Waals surface area contributed by atoms with Gasteiger partial charge in [0.1, 0.15) is 12.1 Å². The van der Waals surface area contributed by atoms with Crippen LogP contribution in [0, 0.1) is 5.92 Å². The van der Waals surface area contributed by atoms with E-state index in [0.29, 0.717) is 24.7 Å². The molecule has 2 amide bonds. The van der Waals surface area contributed by atoms with Crippen molar-refractivity contribution in [2.45, 2.75) is 32.5 Å². The molecule has 0 unspecified atom stereocenters. The van der Waals surface area contributed by atoms with Gasteiger partial charge < -0.3 is 10.2 Å². The Morgan fingerprint density at radius 2 is 2.04 bits per heavy atom. The number of carbonyl (C=O) groups excluding carboxylic acids is 2. The van der Waals surface area contributed by atoms with Crippen molar-refractivity contribution in [2.24, 2.45) is 5.92 Å². The van der Waals surface area contributed by atoms with Crippen molar-refractivity contribution >= 4 is 23.4 Å². The fourth-order valence-electron chi connectivity index (χ4n) is 3.88. The molecule has 148 valence electrons. The standard InChI is InChI=1S/C20H24ClN5O2/c1-13(2)18-20(28)25-8-7-24(12-17(25)19(27)23-18)10-14-9-22-26(11-14)16-6-4-3-5-15(16)21/h3-6,9,11,13,17-18H,7-8,10,12H2,1-2H3,(H,23,27)/t17-,18+/m1/s1. The number of hydrogen-bond acceptors (Lipinski definition) is 4. The van der Waals surface area contributed by atoms with Crippen LogP contribution in [0.15, 0.2) is 36.7 Å².